The van der Waals surface area contributed by atoms with E-state index in [1.165, 1.54) is 21.5 Å². The van der Waals surface area contributed by atoms with Gasteiger partial charge < -0.3 is 4.74 Å². The third-order valence-electron chi connectivity index (χ3n) is 3.71. The zero-order valence-electron chi connectivity index (χ0n) is 11.1. The predicted octanol–water partition coefficient (Wildman–Crippen LogP) is 2.85. The third kappa shape index (κ3) is 2.11. The van der Waals surface area contributed by atoms with E-state index in [4.69, 9.17) is 4.74 Å². The minimum atomic E-state index is -0.0760. The van der Waals surface area contributed by atoms with Gasteiger partial charge in [-0.15, -0.1) is 0 Å². The molecule has 3 aromatic rings. The van der Waals surface area contributed by atoms with Gasteiger partial charge in [-0.3, -0.25) is 10.6 Å². The van der Waals surface area contributed by atoms with E-state index in [1.807, 2.05) is 6.07 Å². The van der Waals surface area contributed by atoms with Crippen molar-refractivity contribution < 1.29 is 4.74 Å². The van der Waals surface area contributed by atoms with E-state index in [1.54, 1.807) is 0 Å². The molecule has 0 atom stereocenters. The van der Waals surface area contributed by atoms with Crippen LogP contribution in [0.4, 0.5) is 0 Å². The normalized spacial score (nSPS) is 16.0. The monoisotopic (exact) mass is 264 g/mol. The Balaban J connectivity index is 1.75. The van der Waals surface area contributed by atoms with Crippen LogP contribution in [0.2, 0.25) is 0 Å². The summed E-state index contributed by atoms with van der Waals surface area (Å²) in [5.74, 6) is 0.889. The Kier molecular flexibility index (Phi) is 2.80. The number of hydrogen-bond acceptors (Lipinski definition) is 3. The average Bonchev–Trinajstić information content (AvgIpc) is 2.98. The van der Waals surface area contributed by atoms with Crippen LogP contribution >= 0.6 is 0 Å². The van der Waals surface area contributed by atoms with Crippen molar-refractivity contribution in [1.82, 2.24) is 10.6 Å². The zero-order valence-corrected chi connectivity index (χ0v) is 11.1. The molecule has 0 aliphatic carbocycles. The lowest BCUT2D eigenvalue weighted by atomic mass is 10.0. The lowest BCUT2D eigenvalue weighted by Gasteiger charge is -2.14. The number of rotatable bonds is 2. The van der Waals surface area contributed by atoms with Crippen molar-refractivity contribution in [2.75, 3.05) is 13.1 Å². The van der Waals surface area contributed by atoms with Crippen LogP contribution in [-0.2, 0) is 0 Å². The van der Waals surface area contributed by atoms with Gasteiger partial charge in [-0.25, -0.2) is 0 Å². The summed E-state index contributed by atoms with van der Waals surface area (Å²) in [6.07, 6.45) is -0.0760. The van der Waals surface area contributed by atoms with Crippen molar-refractivity contribution >= 4 is 21.5 Å². The molecule has 0 unspecified atom stereocenters. The quantitative estimate of drug-likeness (QED) is 0.698. The van der Waals surface area contributed by atoms with Crippen molar-refractivity contribution in [3.8, 4) is 5.75 Å². The van der Waals surface area contributed by atoms with E-state index in [0.717, 1.165) is 18.8 Å². The first-order chi connectivity index (χ1) is 9.88. The molecular formula is C17H16N2O. The third-order valence-corrected chi connectivity index (χ3v) is 3.71. The maximum Gasteiger partial charge on any atom is 0.207 e. The Labute approximate surface area is 117 Å². The second-order valence-electron chi connectivity index (χ2n) is 5.11. The molecule has 3 nitrogen and oxygen atoms in total. The summed E-state index contributed by atoms with van der Waals surface area (Å²) in [5.41, 5.74) is 0. The molecule has 1 aliphatic heterocycles. The maximum atomic E-state index is 5.87. The average molecular weight is 264 g/mol. The fraction of sp³-hybridized carbons (Fsp3) is 0.176. The Morgan fingerprint density at radius 1 is 0.750 bits per heavy atom. The summed E-state index contributed by atoms with van der Waals surface area (Å²) in [7, 11) is 0. The number of nitrogens with one attached hydrogen (secondary N) is 2. The number of fused-ring (bicyclic) bond motifs is 2. The smallest absolute Gasteiger partial charge is 0.207 e. The topological polar surface area (TPSA) is 33.3 Å². The van der Waals surface area contributed by atoms with E-state index in [0.29, 0.717) is 0 Å². The molecule has 3 aromatic carbocycles. The van der Waals surface area contributed by atoms with Gasteiger partial charge >= 0.3 is 0 Å². The highest BCUT2D eigenvalue weighted by Crippen LogP contribution is 2.26. The highest BCUT2D eigenvalue weighted by molar-refractivity contribution is 5.98. The summed E-state index contributed by atoms with van der Waals surface area (Å²) < 4.78 is 5.87. The highest BCUT2D eigenvalue weighted by atomic mass is 16.5. The van der Waals surface area contributed by atoms with Crippen LogP contribution in [-0.4, -0.2) is 19.4 Å². The molecule has 20 heavy (non-hydrogen) atoms. The molecule has 100 valence electrons. The van der Waals surface area contributed by atoms with Crippen molar-refractivity contribution in [1.29, 1.82) is 0 Å². The van der Waals surface area contributed by atoms with Gasteiger partial charge in [0.05, 0.1) is 0 Å². The van der Waals surface area contributed by atoms with Crippen LogP contribution in [0.5, 0.6) is 5.75 Å². The second kappa shape index (κ2) is 4.78. The van der Waals surface area contributed by atoms with Crippen molar-refractivity contribution in [3.05, 3.63) is 54.6 Å². The molecule has 0 amide bonds. The maximum absolute atomic E-state index is 5.87. The summed E-state index contributed by atoms with van der Waals surface area (Å²) in [5, 5.41) is 11.5. The van der Waals surface area contributed by atoms with Crippen LogP contribution in [0.25, 0.3) is 21.5 Å². The Morgan fingerprint density at radius 2 is 1.40 bits per heavy atom. The number of benzene rings is 3. The molecule has 2 N–H and O–H groups in total. The lowest BCUT2D eigenvalue weighted by Crippen LogP contribution is -2.36. The molecule has 0 aromatic heterocycles. The first kappa shape index (κ1) is 11.7. The molecule has 0 bridgehead atoms. The van der Waals surface area contributed by atoms with Gasteiger partial charge in [-0.2, -0.15) is 0 Å². The fourth-order valence-corrected chi connectivity index (χ4v) is 2.69. The van der Waals surface area contributed by atoms with Crippen molar-refractivity contribution in [3.63, 3.8) is 0 Å². The van der Waals surface area contributed by atoms with E-state index in [9.17, 15) is 0 Å². The van der Waals surface area contributed by atoms with Gasteiger partial charge in [0.1, 0.15) is 5.75 Å². The molecule has 1 aliphatic rings. The SMILES string of the molecule is c1ccc2cc3cc(OC4NCCN4)ccc3cc2c1. The molecule has 4 rings (SSSR count). The highest BCUT2D eigenvalue weighted by Gasteiger charge is 2.14. The largest absolute Gasteiger partial charge is 0.462 e. The van der Waals surface area contributed by atoms with Gasteiger partial charge in [-0.1, -0.05) is 30.3 Å². The van der Waals surface area contributed by atoms with E-state index < -0.39 is 0 Å². The molecule has 0 radical (unpaired) electrons. The fourth-order valence-electron chi connectivity index (χ4n) is 2.69. The second-order valence-corrected chi connectivity index (χ2v) is 5.11. The molecule has 1 heterocycles. The van der Waals surface area contributed by atoms with E-state index in [2.05, 4.69) is 59.2 Å². The van der Waals surface area contributed by atoms with E-state index >= 15 is 0 Å². The van der Waals surface area contributed by atoms with Crippen LogP contribution in [0, 0.1) is 0 Å². The van der Waals surface area contributed by atoms with Crippen molar-refractivity contribution in [2.45, 2.75) is 6.35 Å². The molecule has 0 spiro atoms. The minimum absolute atomic E-state index is 0.0760. The predicted molar refractivity (Wildman–Crippen MR) is 81.9 cm³/mol. The van der Waals surface area contributed by atoms with Gasteiger partial charge in [0.15, 0.2) is 0 Å². The molecule has 1 fully saturated rings. The molecular weight excluding hydrogens is 248 g/mol. The molecule has 1 saturated heterocycles. The summed E-state index contributed by atoms with van der Waals surface area (Å²) in [6, 6.07) is 19.1. The van der Waals surface area contributed by atoms with Gasteiger partial charge in [0.2, 0.25) is 6.35 Å². The standard InChI is InChI=1S/C17H16N2O/c1-2-4-13-10-15-11-16(20-17-18-7-8-19-17)6-5-14(15)9-12(13)3-1/h1-6,9-11,17-19H,7-8H2. The van der Waals surface area contributed by atoms with Gasteiger partial charge in [0, 0.05) is 13.1 Å². The van der Waals surface area contributed by atoms with Crippen LogP contribution < -0.4 is 15.4 Å². The zero-order chi connectivity index (χ0) is 13.4. The number of ether oxygens (including phenoxy) is 1. The minimum Gasteiger partial charge on any atom is -0.462 e. The summed E-state index contributed by atoms with van der Waals surface area (Å²) in [4.78, 5) is 0. The van der Waals surface area contributed by atoms with E-state index in [-0.39, 0.29) is 6.35 Å². The van der Waals surface area contributed by atoms with Crippen molar-refractivity contribution in [2.24, 2.45) is 0 Å². The van der Waals surface area contributed by atoms with Crippen LogP contribution in [0.1, 0.15) is 0 Å². The summed E-state index contributed by atoms with van der Waals surface area (Å²) in [6.45, 7) is 1.89. The number of hydrogen-bond donors (Lipinski definition) is 2. The summed E-state index contributed by atoms with van der Waals surface area (Å²) >= 11 is 0. The van der Waals surface area contributed by atoms with Gasteiger partial charge in [0.25, 0.3) is 0 Å². The Bertz CT molecular complexity index is 763. The van der Waals surface area contributed by atoms with Crippen LogP contribution in [0.15, 0.2) is 54.6 Å². The molecule has 3 heteroatoms. The first-order valence-corrected chi connectivity index (χ1v) is 6.94. The van der Waals surface area contributed by atoms with Crippen LogP contribution in [0.3, 0.4) is 0 Å². The first-order valence-electron chi connectivity index (χ1n) is 6.94. The lowest BCUT2D eigenvalue weighted by molar-refractivity contribution is 0.165. The Hall–Kier alpha value is -2.10. The molecule has 0 saturated carbocycles. The van der Waals surface area contributed by atoms with Gasteiger partial charge in [-0.05, 0) is 45.8 Å². The Morgan fingerprint density at radius 3 is 2.15 bits per heavy atom.